The van der Waals surface area contributed by atoms with E-state index in [0.29, 0.717) is 0 Å². The van der Waals surface area contributed by atoms with E-state index in [1.54, 1.807) is 38.0 Å². The minimum atomic E-state index is 0.212. The molecule has 5 nitrogen and oxygen atoms in total. The first kappa shape index (κ1) is 20.5. The molecule has 2 aromatic heterocycles. The Balaban J connectivity index is 1.75. The van der Waals surface area contributed by atoms with Gasteiger partial charge in [0, 0.05) is 23.2 Å². The maximum atomic E-state index is 5.75. The van der Waals surface area contributed by atoms with Crippen LogP contribution in [0.4, 0.5) is 5.69 Å². The summed E-state index contributed by atoms with van der Waals surface area (Å²) >= 11 is 1.65. The quantitative estimate of drug-likeness (QED) is 0.392. The topological polar surface area (TPSA) is 48.6 Å². The molecule has 1 aliphatic carbocycles. The normalized spacial score (nSPS) is 15.9. The number of aryl methyl sites for hydroxylation is 1. The zero-order valence-electron chi connectivity index (χ0n) is 18.2. The van der Waals surface area contributed by atoms with Gasteiger partial charge in [0.2, 0.25) is 0 Å². The molecule has 2 heterocycles. The van der Waals surface area contributed by atoms with Crippen LogP contribution in [-0.4, -0.2) is 23.8 Å². The molecule has 0 aliphatic heterocycles. The molecule has 1 aliphatic rings. The van der Waals surface area contributed by atoms with Gasteiger partial charge in [0.15, 0.2) is 4.80 Å². The van der Waals surface area contributed by atoms with Crippen LogP contribution >= 0.6 is 11.3 Å². The van der Waals surface area contributed by atoms with E-state index in [-0.39, 0.29) is 6.04 Å². The van der Waals surface area contributed by atoms with Crippen molar-refractivity contribution in [1.29, 1.82) is 0 Å². The second-order valence-corrected chi connectivity index (χ2v) is 8.61. The maximum Gasteiger partial charge on any atom is 0.191 e. The molecular weight excluding hydrogens is 418 g/mol. The average Bonchev–Trinajstić information content (AvgIpc) is 3.26. The Hall–Kier alpha value is -3.38. The molecule has 0 fully saturated rings. The Morgan fingerprint density at radius 1 is 1.06 bits per heavy atom. The van der Waals surface area contributed by atoms with E-state index >= 15 is 0 Å². The summed E-state index contributed by atoms with van der Waals surface area (Å²) < 4.78 is 13.5. The van der Waals surface area contributed by atoms with Crippen molar-refractivity contribution in [3.8, 4) is 22.8 Å². The number of thiazole rings is 1. The highest BCUT2D eigenvalue weighted by molar-refractivity contribution is 7.07. The molecule has 1 atom stereocenters. The molecule has 5 rings (SSSR count). The largest absolute Gasteiger partial charge is 0.497 e. The summed E-state index contributed by atoms with van der Waals surface area (Å²) in [6, 6.07) is 18.9. The fraction of sp³-hybridized carbons (Fsp3) is 0.231. The maximum absolute atomic E-state index is 5.75. The lowest BCUT2D eigenvalue weighted by Crippen LogP contribution is -2.26. The predicted octanol–water partition coefficient (Wildman–Crippen LogP) is 5.79. The SMILES string of the molecule is COc1ccc(-c2csc(=Nc3cccnc3)n2C2CCCc3ccccc32)c(OC)c1. The fourth-order valence-electron chi connectivity index (χ4n) is 4.44. The van der Waals surface area contributed by atoms with Gasteiger partial charge >= 0.3 is 0 Å². The van der Waals surface area contributed by atoms with Crippen molar-refractivity contribution in [2.45, 2.75) is 25.3 Å². The highest BCUT2D eigenvalue weighted by Gasteiger charge is 2.26. The standard InChI is InChI=1S/C26H25N3O2S/c1-30-20-12-13-22(25(15-20)31-2)24-17-32-26(28-19-9-6-14-27-16-19)29(24)23-11-5-8-18-7-3-4-10-21(18)23/h3-4,6-7,9-10,12-17,23H,5,8,11H2,1-2H3. The predicted molar refractivity (Wildman–Crippen MR) is 128 cm³/mol. The van der Waals surface area contributed by atoms with Crippen molar-refractivity contribution in [2.24, 2.45) is 4.99 Å². The van der Waals surface area contributed by atoms with Crippen LogP contribution < -0.4 is 14.3 Å². The molecule has 0 saturated heterocycles. The van der Waals surface area contributed by atoms with Crippen LogP contribution in [0.5, 0.6) is 11.5 Å². The summed E-state index contributed by atoms with van der Waals surface area (Å²) in [4.78, 5) is 10.2. The fourth-order valence-corrected chi connectivity index (χ4v) is 5.39. The Bertz CT molecular complexity index is 1290. The van der Waals surface area contributed by atoms with Crippen molar-refractivity contribution < 1.29 is 9.47 Å². The number of hydrogen-bond donors (Lipinski definition) is 0. The molecule has 0 amide bonds. The number of pyridine rings is 1. The minimum Gasteiger partial charge on any atom is -0.497 e. The second kappa shape index (κ2) is 9.01. The number of ether oxygens (including phenoxy) is 2. The lowest BCUT2D eigenvalue weighted by atomic mass is 9.87. The van der Waals surface area contributed by atoms with Crippen LogP contribution in [0, 0.1) is 0 Å². The van der Waals surface area contributed by atoms with Crippen molar-refractivity contribution in [2.75, 3.05) is 14.2 Å². The molecule has 1 unspecified atom stereocenters. The van der Waals surface area contributed by atoms with Crippen LogP contribution in [0.15, 0.2) is 77.4 Å². The van der Waals surface area contributed by atoms with Crippen molar-refractivity contribution in [3.05, 3.63) is 88.3 Å². The average molecular weight is 444 g/mol. The van der Waals surface area contributed by atoms with Gasteiger partial charge in [0.25, 0.3) is 0 Å². The summed E-state index contributed by atoms with van der Waals surface area (Å²) in [6.45, 7) is 0. The van der Waals surface area contributed by atoms with E-state index in [4.69, 9.17) is 14.5 Å². The molecule has 0 saturated carbocycles. The molecule has 0 bridgehead atoms. The van der Waals surface area contributed by atoms with E-state index in [9.17, 15) is 0 Å². The zero-order chi connectivity index (χ0) is 21.9. The number of methoxy groups -OCH3 is 2. The van der Waals surface area contributed by atoms with Gasteiger partial charge in [-0.05, 0) is 54.7 Å². The van der Waals surface area contributed by atoms with Gasteiger partial charge < -0.3 is 14.0 Å². The van der Waals surface area contributed by atoms with Crippen molar-refractivity contribution in [3.63, 3.8) is 0 Å². The highest BCUT2D eigenvalue weighted by atomic mass is 32.1. The zero-order valence-corrected chi connectivity index (χ0v) is 19.0. The molecule has 32 heavy (non-hydrogen) atoms. The number of fused-ring (bicyclic) bond motifs is 1. The number of hydrogen-bond acceptors (Lipinski definition) is 5. The van der Waals surface area contributed by atoms with Gasteiger partial charge in [-0.25, -0.2) is 4.99 Å². The highest BCUT2D eigenvalue weighted by Crippen LogP contribution is 2.39. The molecule has 6 heteroatoms. The Kier molecular flexibility index (Phi) is 5.77. The van der Waals surface area contributed by atoms with E-state index in [0.717, 1.165) is 52.5 Å². The van der Waals surface area contributed by atoms with Crippen LogP contribution in [0.3, 0.4) is 0 Å². The first-order valence-electron chi connectivity index (χ1n) is 10.7. The number of benzene rings is 2. The van der Waals surface area contributed by atoms with Crippen LogP contribution in [-0.2, 0) is 6.42 Å². The van der Waals surface area contributed by atoms with Crippen molar-refractivity contribution in [1.82, 2.24) is 9.55 Å². The van der Waals surface area contributed by atoms with Crippen LogP contribution in [0.2, 0.25) is 0 Å². The van der Waals surface area contributed by atoms with Gasteiger partial charge in [0.1, 0.15) is 11.5 Å². The second-order valence-electron chi connectivity index (χ2n) is 7.77. The van der Waals surface area contributed by atoms with Crippen LogP contribution in [0.1, 0.15) is 30.0 Å². The van der Waals surface area contributed by atoms with E-state index in [1.807, 2.05) is 24.3 Å². The lowest BCUT2D eigenvalue weighted by Gasteiger charge is -2.28. The van der Waals surface area contributed by atoms with Gasteiger partial charge in [0.05, 0.1) is 37.8 Å². The third kappa shape index (κ3) is 3.82. The molecule has 162 valence electrons. The summed E-state index contributed by atoms with van der Waals surface area (Å²) in [7, 11) is 3.37. The number of rotatable bonds is 5. The van der Waals surface area contributed by atoms with Gasteiger partial charge in [-0.1, -0.05) is 24.3 Å². The van der Waals surface area contributed by atoms with Crippen molar-refractivity contribution >= 4 is 17.0 Å². The van der Waals surface area contributed by atoms with E-state index < -0.39 is 0 Å². The Morgan fingerprint density at radius 2 is 1.97 bits per heavy atom. The van der Waals surface area contributed by atoms with Gasteiger partial charge in [-0.3, -0.25) is 4.98 Å². The summed E-state index contributed by atoms with van der Waals surface area (Å²) in [5.41, 5.74) is 5.76. The smallest absolute Gasteiger partial charge is 0.191 e. The Morgan fingerprint density at radius 3 is 2.78 bits per heavy atom. The monoisotopic (exact) mass is 443 g/mol. The summed E-state index contributed by atoms with van der Waals surface area (Å²) in [6.07, 6.45) is 6.90. The molecule has 0 N–H and O–H groups in total. The molecular formula is C26H25N3O2S. The third-order valence-electron chi connectivity index (χ3n) is 5.95. The molecule has 0 radical (unpaired) electrons. The van der Waals surface area contributed by atoms with Gasteiger partial charge in [-0.15, -0.1) is 11.3 Å². The first-order valence-corrected chi connectivity index (χ1v) is 11.6. The minimum absolute atomic E-state index is 0.212. The third-order valence-corrected chi connectivity index (χ3v) is 6.79. The summed E-state index contributed by atoms with van der Waals surface area (Å²) in [5, 5.41) is 2.18. The molecule has 2 aromatic carbocycles. The summed E-state index contributed by atoms with van der Waals surface area (Å²) in [5.74, 6) is 1.56. The number of nitrogens with zero attached hydrogens (tertiary/aromatic N) is 3. The Labute approximate surface area is 191 Å². The van der Waals surface area contributed by atoms with E-state index in [2.05, 4.69) is 45.3 Å². The van der Waals surface area contributed by atoms with Crippen LogP contribution in [0.25, 0.3) is 11.3 Å². The lowest BCUT2D eigenvalue weighted by molar-refractivity contribution is 0.395. The molecule has 0 spiro atoms. The molecule has 4 aromatic rings. The number of aromatic nitrogens is 2. The van der Waals surface area contributed by atoms with Gasteiger partial charge in [-0.2, -0.15) is 0 Å². The van der Waals surface area contributed by atoms with E-state index in [1.165, 1.54) is 11.1 Å². The first-order chi connectivity index (χ1) is 15.8.